The van der Waals surface area contributed by atoms with E-state index in [2.05, 4.69) is 57.2 Å². The maximum atomic E-state index is 13.4. The summed E-state index contributed by atoms with van der Waals surface area (Å²) in [6.45, 7) is 3.54. The highest BCUT2D eigenvalue weighted by atomic mass is 16.2. The minimum absolute atomic E-state index is 0.153. The normalized spacial score (nSPS) is 19.7. The summed E-state index contributed by atoms with van der Waals surface area (Å²) < 4.78 is 2.03. The number of nitrogens with zero attached hydrogens (tertiary/aromatic N) is 4. The van der Waals surface area contributed by atoms with Crippen molar-refractivity contribution >= 4 is 5.91 Å². The molecule has 1 saturated carbocycles. The average molecular weight is 401 g/mol. The van der Waals surface area contributed by atoms with Gasteiger partial charge in [-0.25, -0.2) is 4.98 Å². The zero-order valence-corrected chi connectivity index (χ0v) is 17.2. The summed E-state index contributed by atoms with van der Waals surface area (Å²) in [5.41, 5.74) is 3.25. The summed E-state index contributed by atoms with van der Waals surface area (Å²) >= 11 is 0. The molecular weight excluding hydrogens is 372 g/mol. The number of carbonyl (C=O) groups excluding carboxylic acids is 1. The molecule has 1 atom stereocenters. The molecule has 1 aliphatic carbocycles. The van der Waals surface area contributed by atoms with Gasteiger partial charge < -0.3 is 9.47 Å². The lowest BCUT2D eigenvalue weighted by molar-refractivity contribution is 0.0437. The summed E-state index contributed by atoms with van der Waals surface area (Å²) in [6.07, 6.45) is 9.08. The van der Waals surface area contributed by atoms with Gasteiger partial charge in [-0.3, -0.25) is 9.69 Å². The van der Waals surface area contributed by atoms with Gasteiger partial charge in [0.15, 0.2) is 0 Å². The second-order valence-electron chi connectivity index (χ2n) is 8.50. The standard InChI is InChI=1S/C25H28N4O/c30-25(22-8-6-21(7-9-22)17-27-13-12-26-19-27)29-15-14-28(23-10-11-23)18-24(29)16-20-4-2-1-3-5-20/h1-9,12-13,19,23-24H,10-11,14-18H2. The van der Waals surface area contributed by atoms with Crippen LogP contribution in [0.25, 0.3) is 0 Å². The summed E-state index contributed by atoms with van der Waals surface area (Å²) in [5, 5.41) is 0. The summed E-state index contributed by atoms with van der Waals surface area (Å²) in [6, 6.07) is 19.6. The molecule has 1 saturated heterocycles. The highest BCUT2D eigenvalue weighted by Crippen LogP contribution is 2.30. The van der Waals surface area contributed by atoms with E-state index >= 15 is 0 Å². The van der Waals surface area contributed by atoms with Crippen molar-refractivity contribution in [2.24, 2.45) is 0 Å². The van der Waals surface area contributed by atoms with Gasteiger partial charge in [-0.1, -0.05) is 42.5 Å². The van der Waals surface area contributed by atoms with E-state index in [1.54, 1.807) is 6.20 Å². The first kappa shape index (κ1) is 19.1. The highest BCUT2D eigenvalue weighted by Gasteiger charge is 2.37. The summed E-state index contributed by atoms with van der Waals surface area (Å²) in [4.78, 5) is 22.2. The quantitative estimate of drug-likeness (QED) is 0.636. The third kappa shape index (κ3) is 4.31. The number of aromatic nitrogens is 2. The highest BCUT2D eigenvalue weighted by molar-refractivity contribution is 5.94. The van der Waals surface area contributed by atoms with Crippen LogP contribution < -0.4 is 0 Å². The molecule has 5 heteroatoms. The van der Waals surface area contributed by atoms with E-state index in [9.17, 15) is 4.79 Å². The molecule has 2 aliphatic rings. The SMILES string of the molecule is O=C(c1ccc(Cn2ccnc2)cc1)N1CCN(C2CC2)CC1Cc1ccccc1. The summed E-state index contributed by atoms with van der Waals surface area (Å²) in [5.74, 6) is 0.153. The molecule has 2 fully saturated rings. The van der Waals surface area contributed by atoms with Crippen LogP contribution in [0.1, 0.15) is 34.3 Å². The Balaban J connectivity index is 1.31. The zero-order chi connectivity index (χ0) is 20.3. The number of imidazole rings is 1. The van der Waals surface area contributed by atoms with Gasteiger partial charge in [0, 0.05) is 56.2 Å². The number of hydrogen-bond acceptors (Lipinski definition) is 3. The first-order valence-corrected chi connectivity index (χ1v) is 10.9. The van der Waals surface area contributed by atoms with E-state index in [1.807, 2.05) is 29.2 Å². The Labute approximate surface area is 178 Å². The fraction of sp³-hybridized carbons (Fsp3) is 0.360. The van der Waals surface area contributed by atoms with E-state index in [1.165, 1.54) is 24.0 Å². The monoisotopic (exact) mass is 400 g/mol. The first-order chi connectivity index (χ1) is 14.8. The van der Waals surface area contributed by atoms with Crippen LogP contribution in [0.3, 0.4) is 0 Å². The van der Waals surface area contributed by atoms with Crippen LogP contribution in [0, 0.1) is 0 Å². The molecule has 1 aromatic heterocycles. The predicted molar refractivity (Wildman–Crippen MR) is 117 cm³/mol. The van der Waals surface area contributed by atoms with Gasteiger partial charge in [-0.05, 0) is 42.5 Å². The molecule has 2 aromatic carbocycles. The van der Waals surface area contributed by atoms with E-state index in [0.29, 0.717) is 0 Å². The first-order valence-electron chi connectivity index (χ1n) is 10.9. The molecule has 2 heterocycles. The third-order valence-corrected chi connectivity index (χ3v) is 6.28. The van der Waals surface area contributed by atoms with E-state index in [4.69, 9.17) is 0 Å². The van der Waals surface area contributed by atoms with Gasteiger partial charge >= 0.3 is 0 Å². The number of piperazine rings is 1. The second kappa shape index (κ2) is 8.44. The molecule has 30 heavy (non-hydrogen) atoms. The molecule has 154 valence electrons. The van der Waals surface area contributed by atoms with Crippen molar-refractivity contribution < 1.29 is 4.79 Å². The lowest BCUT2D eigenvalue weighted by Crippen LogP contribution is -2.56. The van der Waals surface area contributed by atoms with Crippen molar-refractivity contribution in [3.63, 3.8) is 0 Å². The third-order valence-electron chi connectivity index (χ3n) is 6.28. The van der Waals surface area contributed by atoms with Crippen LogP contribution >= 0.6 is 0 Å². The van der Waals surface area contributed by atoms with Gasteiger partial charge in [0.05, 0.1) is 6.33 Å². The minimum Gasteiger partial charge on any atom is -0.333 e. The van der Waals surface area contributed by atoms with Crippen molar-refractivity contribution in [1.82, 2.24) is 19.4 Å². The smallest absolute Gasteiger partial charge is 0.254 e. The van der Waals surface area contributed by atoms with E-state index in [-0.39, 0.29) is 11.9 Å². The molecule has 0 N–H and O–H groups in total. The van der Waals surface area contributed by atoms with E-state index in [0.717, 1.165) is 44.2 Å². The minimum atomic E-state index is 0.153. The molecule has 5 rings (SSSR count). The van der Waals surface area contributed by atoms with Crippen molar-refractivity contribution in [3.05, 3.63) is 90.0 Å². The molecule has 0 bridgehead atoms. The van der Waals surface area contributed by atoms with E-state index < -0.39 is 0 Å². The van der Waals surface area contributed by atoms with Gasteiger partial charge in [0.2, 0.25) is 0 Å². The molecule has 0 spiro atoms. The fourth-order valence-corrected chi connectivity index (χ4v) is 4.49. The van der Waals surface area contributed by atoms with Crippen molar-refractivity contribution in [2.45, 2.75) is 37.9 Å². The largest absolute Gasteiger partial charge is 0.333 e. The number of hydrogen-bond donors (Lipinski definition) is 0. The Kier molecular flexibility index (Phi) is 5.37. The molecular formula is C25H28N4O. The Hall–Kier alpha value is -2.92. The van der Waals surface area contributed by atoms with Crippen LogP contribution in [0.2, 0.25) is 0 Å². The number of benzene rings is 2. The lowest BCUT2D eigenvalue weighted by Gasteiger charge is -2.42. The van der Waals surface area contributed by atoms with Gasteiger partial charge in [0.1, 0.15) is 0 Å². The number of rotatable bonds is 6. The molecule has 0 radical (unpaired) electrons. The molecule has 5 nitrogen and oxygen atoms in total. The number of carbonyl (C=O) groups is 1. The number of amides is 1. The Morgan fingerprint density at radius 2 is 1.77 bits per heavy atom. The molecule has 1 amide bonds. The Bertz CT molecular complexity index is 964. The average Bonchev–Trinajstić information content (AvgIpc) is 3.51. The van der Waals surface area contributed by atoms with Gasteiger partial charge in [-0.2, -0.15) is 0 Å². The molecule has 1 aliphatic heterocycles. The molecule has 1 unspecified atom stereocenters. The zero-order valence-electron chi connectivity index (χ0n) is 17.2. The maximum Gasteiger partial charge on any atom is 0.254 e. The predicted octanol–water partition coefficient (Wildman–Crippen LogP) is 3.46. The Morgan fingerprint density at radius 1 is 0.967 bits per heavy atom. The Morgan fingerprint density at radius 3 is 2.47 bits per heavy atom. The van der Waals surface area contributed by atoms with Crippen LogP contribution in [0.15, 0.2) is 73.3 Å². The lowest BCUT2D eigenvalue weighted by atomic mass is 10.0. The van der Waals surface area contributed by atoms with Gasteiger partial charge in [0.25, 0.3) is 5.91 Å². The fourth-order valence-electron chi connectivity index (χ4n) is 4.49. The van der Waals surface area contributed by atoms with Crippen molar-refractivity contribution in [3.8, 4) is 0 Å². The van der Waals surface area contributed by atoms with Crippen LogP contribution in [0.5, 0.6) is 0 Å². The van der Waals surface area contributed by atoms with Crippen molar-refractivity contribution in [1.29, 1.82) is 0 Å². The second-order valence-corrected chi connectivity index (χ2v) is 8.50. The summed E-state index contributed by atoms with van der Waals surface area (Å²) in [7, 11) is 0. The van der Waals surface area contributed by atoms with Gasteiger partial charge in [-0.15, -0.1) is 0 Å². The van der Waals surface area contributed by atoms with Crippen LogP contribution in [-0.4, -0.2) is 57.0 Å². The van der Waals surface area contributed by atoms with Crippen LogP contribution in [-0.2, 0) is 13.0 Å². The van der Waals surface area contributed by atoms with Crippen LogP contribution in [0.4, 0.5) is 0 Å². The van der Waals surface area contributed by atoms with Crippen molar-refractivity contribution in [2.75, 3.05) is 19.6 Å². The molecule has 3 aromatic rings. The topological polar surface area (TPSA) is 41.4 Å². The maximum absolute atomic E-state index is 13.4.